The Morgan fingerprint density at radius 2 is 2.12 bits per heavy atom. The van der Waals surface area contributed by atoms with Crippen LogP contribution in [-0.2, 0) is 16.1 Å². The van der Waals surface area contributed by atoms with Crippen LogP contribution in [-0.4, -0.2) is 30.4 Å². The number of methoxy groups -OCH3 is 1. The van der Waals surface area contributed by atoms with Crippen LogP contribution in [0, 0.1) is 5.92 Å². The van der Waals surface area contributed by atoms with Crippen molar-refractivity contribution in [2.45, 2.75) is 32.4 Å². The molecule has 0 aliphatic carbocycles. The third-order valence-electron chi connectivity index (χ3n) is 4.75. The minimum Gasteiger partial charge on any atom is -0.497 e. The highest BCUT2D eigenvalue weighted by Gasteiger charge is 2.35. The fraction of sp³-hybridized carbons (Fsp3) is 0.400. The first kappa shape index (κ1) is 18.0. The van der Waals surface area contributed by atoms with Crippen molar-refractivity contribution in [3.63, 3.8) is 0 Å². The van der Waals surface area contributed by atoms with Gasteiger partial charge in [-0.3, -0.25) is 9.59 Å². The van der Waals surface area contributed by atoms with E-state index in [0.717, 1.165) is 23.5 Å². The van der Waals surface area contributed by atoms with Crippen molar-refractivity contribution in [2.75, 3.05) is 13.7 Å². The predicted octanol–water partition coefficient (Wildman–Crippen LogP) is 2.90. The van der Waals surface area contributed by atoms with E-state index in [1.54, 1.807) is 24.3 Å². The second-order valence-electron chi connectivity index (χ2n) is 6.50. The summed E-state index contributed by atoms with van der Waals surface area (Å²) >= 11 is 0. The molecule has 6 heteroatoms. The van der Waals surface area contributed by atoms with E-state index in [4.69, 9.17) is 9.15 Å². The van der Waals surface area contributed by atoms with Crippen molar-refractivity contribution in [1.82, 2.24) is 10.2 Å². The van der Waals surface area contributed by atoms with Crippen LogP contribution in [0.15, 0.2) is 47.1 Å². The lowest BCUT2D eigenvalue weighted by molar-refractivity contribution is -0.129. The van der Waals surface area contributed by atoms with Crippen LogP contribution >= 0.6 is 0 Å². The first-order chi connectivity index (χ1) is 12.6. The SMILES string of the molecule is CCC(NC(=O)C1CC(=O)N(Cc2ccco2)C1)c1ccc(OC)cc1. The fourth-order valence-electron chi connectivity index (χ4n) is 3.24. The van der Waals surface area contributed by atoms with E-state index >= 15 is 0 Å². The highest BCUT2D eigenvalue weighted by Crippen LogP contribution is 2.24. The average molecular weight is 356 g/mol. The molecule has 2 atom stereocenters. The molecule has 1 aromatic carbocycles. The summed E-state index contributed by atoms with van der Waals surface area (Å²) in [5.74, 6) is 1.08. The van der Waals surface area contributed by atoms with Gasteiger partial charge in [0.05, 0.1) is 31.9 Å². The number of amides is 2. The van der Waals surface area contributed by atoms with Gasteiger partial charge in [-0.2, -0.15) is 0 Å². The Hall–Kier alpha value is -2.76. The van der Waals surface area contributed by atoms with Crippen LogP contribution < -0.4 is 10.1 Å². The molecule has 2 heterocycles. The van der Waals surface area contributed by atoms with E-state index in [1.165, 1.54) is 0 Å². The Kier molecular flexibility index (Phi) is 5.61. The zero-order valence-corrected chi connectivity index (χ0v) is 15.1. The molecule has 0 radical (unpaired) electrons. The van der Waals surface area contributed by atoms with Crippen molar-refractivity contribution in [1.29, 1.82) is 0 Å². The molecule has 1 N–H and O–H groups in total. The number of carbonyl (C=O) groups excluding carboxylic acids is 2. The second kappa shape index (κ2) is 8.08. The Bertz CT molecular complexity index is 740. The van der Waals surface area contributed by atoms with Crippen molar-refractivity contribution >= 4 is 11.8 Å². The number of likely N-dealkylation sites (tertiary alicyclic amines) is 1. The Morgan fingerprint density at radius 3 is 2.73 bits per heavy atom. The Balaban J connectivity index is 1.60. The number of ether oxygens (including phenoxy) is 1. The number of nitrogens with one attached hydrogen (secondary N) is 1. The molecular weight excluding hydrogens is 332 g/mol. The highest BCUT2D eigenvalue weighted by molar-refractivity contribution is 5.89. The lowest BCUT2D eigenvalue weighted by Crippen LogP contribution is -2.35. The van der Waals surface area contributed by atoms with Gasteiger partial charge < -0.3 is 19.4 Å². The van der Waals surface area contributed by atoms with Crippen molar-refractivity contribution in [3.8, 4) is 5.75 Å². The standard InChI is InChI=1S/C20H24N2O4/c1-3-18(14-6-8-16(25-2)9-7-14)21-20(24)15-11-19(23)22(12-15)13-17-5-4-10-26-17/h4-10,15,18H,3,11-13H2,1-2H3,(H,21,24). The summed E-state index contributed by atoms with van der Waals surface area (Å²) in [5.41, 5.74) is 1.03. The van der Waals surface area contributed by atoms with E-state index in [0.29, 0.717) is 13.1 Å². The largest absolute Gasteiger partial charge is 0.497 e. The topological polar surface area (TPSA) is 71.8 Å². The molecule has 0 saturated carbocycles. The van der Waals surface area contributed by atoms with Gasteiger partial charge in [-0.05, 0) is 36.2 Å². The fourth-order valence-corrected chi connectivity index (χ4v) is 3.24. The Labute approximate surface area is 153 Å². The lowest BCUT2D eigenvalue weighted by atomic mass is 10.0. The minimum absolute atomic E-state index is 0.0148. The molecule has 2 unspecified atom stereocenters. The molecule has 138 valence electrons. The number of furan rings is 1. The number of hydrogen-bond donors (Lipinski definition) is 1. The number of rotatable bonds is 7. The molecule has 26 heavy (non-hydrogen) atoms. The van der Waals surface area contributed by atoms with E-state index in [1.807, 2.05) is 37.3 Å². The van der Waals surface area contributed by atoms with Gasteiger partial charge in [0, 0.05) is 13.0 Å². The van der Waals surface area contributed by atoms with Crippen molar-refractivity contribution < 1.29 is 18.7 Å². The van der Waals surface area contributed by atoms with Crippen LogP contribution in [0.2, 0.25) is 0 Å². The molecule has 6 nitrogen and oxygen atoms in total. The van der Waals surface area contributed by atoms with E-state index in [9.17, 15) is 9.59 Å². The van der Waals surface area contributed by atoms with E-state index in [2.05, 4.69) is 5.32 Å². The van der Waals surface area contributed by atoms with Gasteiger partial charge in [0.15, 0.2) is 0 Å². The van der Waals surface area contributed by atoms with Gasteiger partial charge in [-0.15, -0.1) is 0 Å². The van der Waals surface area contributed by atoms with Gasteiger partial charge in [-0.1, -0.05) is 19.1 Å². The summed E-state index contributed by atoms with van der Waals surface area (Å²) in [7, 11) is 1.62. The molecule has 0 spiro atoms. The number of nitrogens with zero attached hydrogens (tertiary/aromatic N) is 1. The van der Waals surface area contributed by atoms with Gasteiger partial charge in [0.2, 0.25) is 11.8 Å². The first-order valence-electron chi connectivity index (χ1n) is 8.85. The summed E-state index contributed by atoms with van der Waals surface area (Å²) in [4.78, 5) is 26.5. The molecule has 2 aromatic rings. The summed E-state index contributed by atoms with van der Waals surface area (Å²) in [6.07, 6.45) is 2.60. The monoisotopic (exact) mass is 356 g/mol. The number of benzene rings is 1. The van der Waals surface area contributed by atoms with Crippen LogP contribution in [0.1, 0.15) is 37.1 Å². The van der Waals surface area contributed by atoms with Crippen LogP contribution in [0.4, 0.5) is 0 Å². The summed E-state index contributed by atoms with van der Waals surface area (Å²) in [6, 6.07) is 11.2. The van der Waals surface area contributed by atoms with Crippen molar-refractivity contribution in [2.24, 2.45) is 5.92 Å². The number of carbonyl (C=O) groups is 2. The van der Waals surface area contributed by atoms with E-state index < -0.39 is 0 Å². The predicted molar refractivity (Wildman–Crippen MR) is 96.4 cm³/mol. The molecular formula is C20H24N2O4. The Morgan fingerprint density at radius 1 is 1.35 bits per heavy atom. The van der Waals surface area contributed by atoms with E-state index in [-0.39, 0.29) is 30.2 Å². The second-order valence-corrected chi connectivity index (χ2v) is 6.50. The molecule has 0 bridgehead atoms. The minimum atomic E-state index is -0.329. The zero-order valence-electron chi connectivity index (χ0n) is 15.1. The summed E-state index contributed by atoms with van der Waals surface area (Å²) in [5, 5.41) is 3.08. The quantitative estimate of drug-likeness (QED) is 0.828. The lowest BCUT2D eigenvalue weighted by Gasteiger charge is -2.20. The number of hydrogen-bond acceptors (Lipinski definition) is 4. The van der Waals surface area contributed by atoms with Gasteiger partial charge in [0.1, 0.15) is 11.5 Å². The zero-order chi connectivity index (χ0) is 18.5. The molecule has 1 aliphatic rings. The maximum absolute atomic E-state index is 12.7. The van der Waals surface area contributed by atoms with Crippen LogP contribution in [0.25, 0.3) is 0 Å². The third kappa shape index (κ3) is 4.07. The smallest absolute Gasteiger partial charge is 0.225 e. The highest BCUT2D eigenvalue weighted by atomic mass is 16.5. The first-order valence-corrected chi connectivity index (χ1v) is 8.85. The third-order valence-corrected chi connectivity index (χ3v) is 4.75. The molecule has 3 rings (SSSR count). The van der Waals surface area contributed by atoms with Crippen molar-refractivity contribution in [3.05, 3.63) is 54.0 Å². The molecule has 2 amide bonds. The van der Waals surface area contributed by atoms with Gasteiger partial charge in [-0.25, -0.2) is 0 Å². The van der Waals surface area contributed by atoms with Crippen LogP contribution in [0.3, 0.4) is 0 Å². The van der Waals surface area contributed by atoms with Gasteiger partial charge in [0.25, 0.3) is 0 Å². The van der Waals surface area contributed by atoms with Crippen LogP contribution in [0.5, 0.6) is 5.75 Å². The normalized spacial score (nSPS) is 18.0. The average Bonchev–Trinajstić information content (AvgIpc) is 3.30. The molecule has 1 saturated heterocycles. The summed E-state index contributed by atoms with van der Waals surface area (Å²) in [6.45, 7) is 2.86. The maximum Gasteiger partial charge on any atom is 0.225 e. The molecule has 1 fully saturated rings. The summed E-state index contributed by atoms with van der Waals surface area (Å²) < 4.78 is 10.5. The van der Waals surface area contributed by atoms with Gasteiger partial charge >= 0.3 is 0 Å². The molecule has 1 aliphatic heterocycles. The maximum atomic E-state index is 12.7. The molecule has 1 aromatic heterocycles.